The lowest BCUT2D eigenvalue weighted by molar-refractivity contribution is 0.0963. The summed E-state index contributed by atoms with van der Waals surface area (Å²) in [5.74, 6) is 0.960. The molecule has 4 nitrogen and oxygen atoms in total. The van der Waals surface area contributed by atoms with E-state index in [0.717, 1.165) is 5.56 Å². The molecule has 0 bridgehead atoms. The van der Waals surface area contributed by atoms with Crippen LogP contribution in [0.5, 0.6) is 0 Å². The summed E-state index contributed by atoms with van der Waals surface area (Å²) in [5.41, 5.74) is 3.37. The zero-order valence-electron chi connectivity index (χ0n) is 12.5. The SMILES string of the molecule is CNC(=O)c1ccccc1-c1ncc(-c2ccc(C)cc2)o1. The fraction of sp³-hybridized carbons (Fsp3) is 0.111. The van der Waals surface area contributed by atoms with Crippen molar-refractivity contribution in [2.75, 3.05) is 7.05 Å². The highest BCUT2D eigenvalue weighted by Crippen LogP contribution is 2.28. The second-order valence-corrected chi connectivity index (χ2v) is 5.02. The molecule has 0 atom stereocenters. The van der Waals surface area contributed by atoms with Crippen LogP contribution < -0.4 is 5.32 Å². The first-order valence-corrected chi connectivity index (χ1v) is 7.03. The van der Waals surface area contributed by atoms with Crippen LogP contribution in [0.15, 0.2) is 59.1 Å². The molecule has 0 aliphatic heterocycles. The molecule has 0 unspecified atom stereocenters. The van der Waals surface area contributed by atoms with Crippen molar-refractivity contribution < 1.29 is 9.21 Å². The van der Waals surface area contributed by atoms with E-state index >= 15 is 0 Å². The zero-order valence-corrected chi connectivity index (χ0v) is 12.5. The summed E-state index contributed by atoms with van der Waals surface area (Å²) in [5, 5.41) is 2.63. The van der Waals surface area contributed by atoms with Crippen LogP contribution in [0.2, 0.25) is 0 Å². The molecule has 0 saturated carbocycles. The van der Waals surface area contributed by atoms with Gasteiger partial charge >= 0.3 is 0 Å². The average Bonchev–Trinajstić information content (AvgIpc) is 3.04. The molecule has 0 fully saturated rings. The first kappa shape index (κ1) is 14.1. The van der Waals surface area contributed by atoms with Crippen molar-refractivity contribution in [3.8, 4) is 22.8 Å². The van der Waals surface area contributed by atoms with E-state index in [1.54, 1.807) is 19.3 Å². The fourth-order valence-electron chi connectivity index (χ4n) is 2.25. The summed E-state index contributed by atoms with van der Waals surface area (Å²) in [6, 6.07) is 15.3. The van der Waals surface area contributed by atoms with Crippen LogP contribution in [0, 0.1) is 6.92 Å². The number of rotatable bonds is 3. The average molecular weight is 292 g/mol. The van der Waals surface area contributed by atoms with Crippen LogP contribution in [0.4, 0.5) is 0 Å². The fourth-order valence-corrected chi connectivity index (χ4v) is 2.25. The normalized spacial score (nSPS) is 10.5. The Labute approximate surface area is 128 Å². The molecule has 0 spiro atoms. The van der Waals surface area contributed by atoms with Gasteiger partial charge in [0.15, 0.2) is 5.76 Å². The Hall–Kier alpha value is -2.88. The number of hydrogen-bond acceptors (Lipinski definition) is 3. The summed E-state index contributed by atoms with van der Waals surface area (Å²) in [6.45, 7) is 2.04. The molecule has 1 aromatic heterocycles. The molecule has 1 N–H and O–H groups in total. The third kappa shape index (κ3) is 2.63. The lowest BCUT2D eigenvalue weighted by atomic mass is 10.1. The van der Waals surface area contributed by atoms with Gasteiger partial charge in [-0.2, -0.15) is 0 Å². The number of benzene rings is 2. The van der Waals surface area contributed by atoms with Crippen LogP contribution in [0.3, 0.4) is 0 Å². The molecule has 1 heterocycles. The molecule has 2 aromatic carbocycles. The molecule has 0 aliphatic carbocycles. The maximum atomic E-state index is 11.9. The molecule has 0 radical (unpaired) electrons. The minimum Gasteiger partial charge on any atom is -0.436 e. The van der Waals surface area contributed by atoms with Crippen molar-refractivity contribution in [1.82, 2.24) is 10.3 Å². The second kappa shape index (κ2) is 5.85. The van der Waals surface area contributed by atoms with E-state index < -0.39 is 0 Å². The van der Waals surface area contributed by atoms with Gasteiger partial charge in [0.25, 0.3) is 5.91 Å². The number of aromatic nitrogens is 1. The Balaban J connectivity index is 2.01. The van der Waals surface area contributed by atoms with E-state index in [4.69, 9.17) is 4.42 Å². The van der Waals surface area contributed by atoms with Crippen molar-refractivity contribution in [3.63, 3.8) is 0 Å². The van der Waals surface area contributed by atoms with Gasteiger partial charge < -0.3 is 9.73 Å². The van der Waals surface area contributed by atoms with Crippen LogP contribution >= 0.6 is 0 Å². The van der Waals surface area contributed by atoms with E-state index in [9.17, 15) is 4.79 Å². The third-order valence-electron chi connectivity index (χ3n) is 3.47. The summed E-state index contributed by atoms with van der Waals surface area (Å²) in [4.78, 5) is 16.3. The molecule has 0 saturated heterocycles. The monoisotopic (exact) mass is 292 g/mol. The van der Waals surface area contributed by atoms with Gasteiger partial charge in [0.05, 0.1) is 11.8 Å². The number of amides is 1. The van der Waals surface area contributed by atoms with Crippen molar-refractivity contribution >= 4 is 5.91 Å². The van der Waals surface area contributed by atoms with Gasteiger partial charge in [0.2, 0.25) is 5.89 Å². The summed E-state index contributed by atoms with van der Waals surface area (Å²) in [6.07, 6.45) is 1.68. The van der Waals surface area contributed by atoms with E-state index in [2.05, 4.69) is 10.3 Å². The summed E-state index contributed by atoms with van der Waals surface area (Å²) >= 11 is 0. The molecule has 0 aliphatic rings. The van der Waals surface area contributed by atoms with Crippen molar-refractivity contribution in [1.29, 1.82) is 0 Å². The van der Waals surface area contributed by atoms with Crippen molar-refractivity contribution in [2.24, 2.45) is 0 Å². The Bertz CT molecular complexity index is 804. The highest BCUT2D eigenvalue weighted by molar-refractivity contribution is 5.99. The van der Waals surface area contributed by atoms with Gasteiger partial charge in [-0.25, -0.2) is 4.98 Å². The molecular formula is C18H16N2O2. The maximum absolute atomic E-state index is 11.9. The summed E-state index contributed by atoms with van der Waals surface area (Å²) < 4.78 is 5.84. The maximum Gasteiger partial charge on any atom is 0.251 e. The highest BCUT2D eigenvalue weighted by Gasteiger charge is 2.15. The number of carbonyl (C=O) groups is 1. The predicted octanol–water partition coefficient (Wildman–Crippen LogP) is 3.68. The van der Waals surface area contributed by atoms with Gasteiger partial charge in [-0.3, -0.25) is 4.79 Å². The zero-order chi connectivity index (χ0) is 15.5. The Morgan fingerprint density at radius 2 is 1.82 bits per heavy atom. The number of nitrogens with zero attached hydrogens (tertiary/aromatic N) is 1. The van der Waals surface area contributed by atoms with E-state index in [0.29, 0.717) is 22.8 Å². The number of nitrogens with one attached hydrogen (secondary N) is 1. The molecule has 22 heavy (non-hydrogen) atoms. The first-order chi connectivity index (χ1) is 10.7. The largest absolute Gasteiger partial charge is 0.436 e. The van der Waals surface area contributed by atoms with Gasteiger partial charge in [-0.05, 0) is 19.1 Å². The highest BCUT2D eigenvalue weighted by atomic mass is 16.4. The number of aryl methyl sites for hydroxylation is 1. The number of hydrogen-bond donors (Lipinski definition) is 1. The Morgan fingerprint density at radius 1 is 1.09 bits per heavy atom. The Morgan fingerprint density at radius 3 is 2.55 bits per heavy atom. The van der Waals surface area contributed by atoms with Crippen LogP contribution in [0.25, 0.3) is 22.8 Å². The van der Waals surface area contributed by atoms with E-state index in [-0.39, 0.29) is 5.91 Å². The van der Waals surface area contributed by atoms with Gasteiger partial charge in [0.1, 0.15) is 0 Å². The number of carbonyl (C=O) groups excluding carboxylic acids is 1. The van der Waals surface area contributed by atoms with Crippen LogP contribution in [-0.2, 0) is 0 Å². The minimum absolute atomic E-state index is 0.161. The third-order valence-corrected chi connectivity index (χ3v) is 3.47. The van der Waals surface area contributed by atoms with Crippen molar-refractivity contribution in [3.05, 3.63) is 65.9 Å². The van der Waals surface area contributed by atoms with Crippen molar-refractivity contribution in [2.45, 2.75) is 6.92 Å². The topological polar surface area (TPSA) is 55.1 Å². The molecule has 3 rings (SSSR count). The first-order valence-electron chi connectivity index (χ1n) is 7.03. The molecule has 1 amide bonds. The Kier molecular flexibility index (Phi) is 3.74. The lowest BCUT2D eigenvalue weighted by Crippen LogP contribution is -2.18. The minimum atomic E-state index is -0.161. The quantitative estimate of drug-likeness (QED) is 0.801. The van der Waals surface area contributed by atoms with Crippen LogP contribution in [0.1, 0.15) is 15.9 Å². The van der Waals surface area contributed by atoms with Crippen LogP contribution in [-0.4, -0.2) is 17.9 Å². The molecule has 3 aromatic rings. The van der Waals surface area contributed by atoms with Gasteiger partial charge in [0, 0.05) is 18.2 Å². The predicted molar refractivity (Wildman–Crippen MR) is 85.5 cm³/mol. The molecule has 110 valence electrons. The smallest absolute Gasteiger partial charge is 0.251 e. The van der Waals surface area contributed by atoms with E-state index in [1.807, 2.05) is 49.4 Å². The lowest BCUT2D eigenvalue weighted by Gasteiger charge is -2.04. The van der Waals surface area contributed by atoms with E-state index in [1.165, 1.54) is 5.56 Å². The van der Waals surface area contributed by atoms with Gasteiger partial charge in [-0.1, -0.05) is 42.0 Å². The second-order valence-electron chi connectivity index (χ2n) is 5.02. The number of oxazole rings is 1. The molecule has 4 heteroatoms. The standard InChI is InChI=1S/C18H16N2O2/c1-12-7-9-13(10-8-12)16-11-20-18(22-16)15-6-4-3-5-14(15)17(21)19-2/h3-11H,1-2H3,(H,19,21). The molecular weight excluding hydrogens is 276 g/mol. The van der Waals surface area contributed by atoms with Gasteiger partial charge in [-0.15, -0.1) is 0 Å². The summed E-state index contributed by atoms with van der Waals surface area (Å²) in [7, 11) is 1.60.